The first-order valence-electron chi connectivity index (χ1n) is 13.7. The minimum absolute atomic E-state index is 0.00154. The molecule has 0 aromatic heterocycles. The van der Waals surface area contributed by atoms with Crippen molar-refractivity contribution < 1.29 is 34.1 Å². The summed E-state index contributed by atoms with van der Waals surface area (Å²) in [6.07, 6.45) is 4.77. The number of carboxylic acid groups (broad SMARTS) is 2. The second kappa shape index (κ2) is 16.7. The van der Waals surface area contributed by atoms with Gasteiger partial charge in [-0.1, -0.05) is 43.2 Å². The van der Waals surface area contributed by atoms with Gasteiger partial charge in [-0.25, -0.2) is 4.79 Å². The predicted molar refractivity (Wildman–Crippen MR) is 158 cm³/mol. The highest BCUT2D eigenvalue weighted by atomic mass is 27.1. The van der Waals surface area contributed by atoms with E-state index in [4.69, 9.17) is 14.6 Å². The molecule has 2 N–H and O–H groups in total. The Kier molecular flexibility index (Phi) is 14.1. The van der Waals surface area contributed by atoms with Crippen molar-refractivity contribution in [1.29, 1.82) is 0 Å². The highest BCUT2D eigenvalue weighted by Gasteiger charge is 2.23. The molecular formula is C30H39Al2NO7. The van der Waals surface area contributed by atoms with E-state index in [1.54, 1.807) is 4.90 Å². The van der Waals surface area contributed by atoms with Crippen molar-refractivity contribution in [3.8, 4) is 5.75 Å². The Morgan fingerprint density at radius 2 is 1.50 bits per heavy atom. The highest BCUT2D eigenvalue weighted by Crippen LogP contribution is 2.26. The Bertz CT molecular complexity index is 1130. The Morgan fingerprint density at radius 3 is 2.12 bits per heavy atom. The minimum atomic E-state index is -0.873. The minimum Gasteiger partial charge on any atom is -0.493 e. The largest absolute Gasteiger partial charge is 0.493 e. The van der Waals surface area contributed by atoms with E-state index in [0.29, 0.717) is 25.1 Å². The van der Waals surface area contributed by atoms with Gasteiger partial charge in [0.2, 0.25) is 0 Å². The monoisotopic (exact) mass is 579 g/mol. The summed E-state index contributed by atoms with van der Waals surface area (Å²) in [7, 11) is 0. The van der Waals surface area contributed by atoms with Crippen LogP contribution in [0.15, 0.2) is 36.4 Å². The fraction of sp³-hybridized carbons (Fsp3) is 0.500. The molecule has 212 valence electrons. The molecule has 2 aromatic carbocycles. The first-order valence-corrected chi connectivity index (χ1v) is 14.8. The Balaban J connectivity index is 1.98. The Labute approximate surface area is 253 Å². The van der Waals surface area contributed by atoms with Crippen molar-refractivity contribution in [2.45, 2.75) is 84.2 Å². The molecule has 40 heavy (non-hydrogen) atoms. The molecule has 0 unspecified atom stereocenters. The quantitative estimate of drug-likeness (QED) is 0.228. The van der Waals surface area contributed by atoms with E-state index < -0.39 is 17.5 Å². The summed E-state index contributed by atoms with van der Waals surface area (Å²) in [4.78, 5) is 36.7. The van der Waals surface area contributed by atoms with Crippen LogP contribution in [0.5, 0.6) is 5.75 Å². The van der Waals surface area contributed by atoms with Gasteiger partial charge in [0.05, 0.1) is 6.61 Å². The molecule has 0 aliphatic rings. The topological polar surface area (TPSA) is 113 Å². The smallest absolute Gasteiger partial charge is 0.414 e. The Morgan fingerprint density at radius 1 is 0.850 bits per heavy atom. The average molecular weight is 580 g/mol. The van der Waals surface area contributed by atoms with Gasteiger partial charge in [-0.15, -0.1) is 8.85 Å². The number of unbranched alkanes of at least 4 members (excludes halogenated alkanes) is 3. The fourth-order valence-electron chi connectivity index (χ4n) is 4.30. The third kappa shape index (κ3) is 12.8. The van der Waals surface area contributed by atoms with Crippen LogP contribution in [-0.2, 0) is 27.2 Å². The van der Waals surface area contributed by atoms with Gasteiger partial charge < -0.3 is 19.7 Å². The molecule has 0 saturated heterocycles. The maximum Gasteiger partial charge on any atom is 0.414 e. The van der Waals surface area contributed by atoms with Crippen molar-refractivity contribution in [1.82, 2.24) is 0 Å². The third-order valence-corrected chi connectivity index (χ3v) is 6.74. The van der Waals surface area contributed by atoms with Gasteiger partial charge in [0.1, 0.15) is 11.4 Å². The summed E-state index contributed by atoms with van der Waals surface area (Å²) in [5.74, 6) is -1.12. The van der Waals surface area contributed by atoms with E-state index in [-0.39, 0.29) is 25.5 Å². The molecule has 4 radical (unpaired) electrons. The zero-order valence-electron chi connectivity index (χ0n) is 23.8. The Hall–Kier alpha value is -2.49. The summed E-state index contributed by atoms with van der Waals surface area (Å²) in [5, 5.41) is 18.1. The molecule has 0 fully saturated rings. The van der Waals surface area contributed by atoms with Crippen LogP contribution in [0.3, 0.4) is 0 Å². The molecule has 0 aliphatic carbocycles. The van der Waals surface area contributed by atoms with E-state index in [1.807, 2.05) is 57.2 Å². The van der Waals surface area contributed by atoms with Crippen LogP contribution >= 0.6 is 0 Å². The van der Waals surface area contributed by atoms with E-state index in [1.165, 1.54) is 0 Å². The molecule has 0 spiro atoms. The number of hydrogen-bond acceptors (Lipinski definition) is 5. The number of ether oxygens (including phenoxy) is 2. The predicted octanol–water partition coefficient (Wildman–Crippen LogP) is 4.08. The third-order valence-electron chi connectivity index (χ3n) is 6.08. The van der Waals surface area contributed by atoms with Crippen molar-refractivity contribution in [3.05, 3.63) is 47.5 Å². The maximum atomic E-state index is 13.0. The van der Waals surface area contributed by atoms with Gasteiger partial charge in [-0.05, 0) is 70.1 Å². The average Bonchev–Trinajstić information content (AvgIpc) is 2.83. The highest BCUT2D eigenvalue weighted by molar-refractivity contribution is 6.38. The summed E-state index contributed by atoms with van der Waals surface area (Å²) >= 11 is 5.35. The van der Waals surface area contributed by atoms with E-state index >= 15 is 0 Å². The van der Waals surface area contributed by atoms with Gasteiger partial charge in [0.15, 0.2) is 32.6 Å². The fourth-order valence-corrected chi connectivity index (χ4v) is 5.22. The van der Waals surface area contributed by atoms with Crippen molar-refractivity contribution in [3.63, 3.8) is 0 Å². The number of anilines is 1. The molecule has 2 aromatic rings. The number of rotatable bonds is 16. The molecule has 1 amide bonds. The number of carbonyl (C=O) groups is 3. The van der Waals surface area contributed by atoms with Crippen LogP contribution in [0, 0.1) is 0 Å². The van der Waals surface area contributed by atoms with Crippen LogP contribution in [-0.4, -0.2) is 79.6 Å². The van der Waals surface area contributed by atoms with E-state index in [9.17, 15) is 19.5 Å². The van der Waals surface area contributed by atoms with Gasteiger partial charge >= 0.3 is 18.0 Å². The number of amides is 1. The molecule has 8 nitrogen and oxygen atoms in total. The lowest BCUT2D eigenvalue weighted by Gasteiger charge is -2.28. The van der Waals surface area contributed by atoms with Crippen molar-refractivity contribution >= 4 is 65.2 Å². The number of carbonyl (C=O) groups excluding carboxylic acids is 1. The summed E-state index contributed by atoms with van der Waals surface area (Å²) in [6.45, 7) is 6.38. The van der Waals surface area contributed by atoms with Gasteiger partial charge in [-0.2, -0.15) is 0 Å². The summed E-state index contributed by atoms with van der Waals surface area (Å²) in [6, 6.07) is 11.6. The number of aryl methyl sites for hydroxylation is 1. The van der Waals surface area contributed by atoms with Crippen molar-refractivity contribution in [2.75, 3.05) is 18.1 Å². The van der Waals surface area contributed by atoms with E-state index in [0.717, 1.165) is 57.8 Å². The first-order chi connectivity index (χ1) is 18.9. The van der Waals surface area contributed by atoms with Crippen LogP contribution in [0.2, 0.25) is 0 Å². The van der Waals surface area contributed by atoms with Gasteiger partial charge in [0, 0.05) is 25.1 Å². The van der Waals surface area contributed by atoms with Crippen LogP contribution in [0.25, 0.3) is 0 Å². The van der Waals surface area contributed by atoms with Gasteiger partial charge in [0.25, 0.3) is 0 Å². The van der Waals surface area contributed by atoms with Crippen LogP contribution in [0.4, 0.5) is 10.5 Å². The molecule has 0 saturated carbocycles. The van der Waals surface area contributed by atoms with E-state index in [2.05, 4.69) is 32.6 Å². The number of nitrogens with zero attached hydrogens (tertiary/aromatic N) is 1. The number of hydrogen-bond donors (Lipinski definition) is 2. The lowest BCUT2D eigenvalue weighted by molar-refractivity contribution is -0.138. The standard InChI is InChI=1S/C30H39NO7.2Al/c1-30(2,3)38-29(36)31(24-15-8-6-9-16-24)21-10-5-4-7-13-23-14-11-17-26(25(23)19-20-28(34)35)37-22-12-18-27(32)33;;/h6,11,14-17H,4-5,7,10,12-13,18-22H2,1-3H3,(H,32,33)(H,34,35);;. The summed E-state index contributed by atoms with van der Waals surface area (Å²) < 4.78 is 13.5. The maximum absolute atomic E-state index is 13.0. The molecule has 0 atom stereocenters. The lowest BCUT2D eigenvalue weighted by Crippen LogP contribution is -2.38. The number of aliphatic carboxylic acids is 2. The SMILES string of the molecule is CC(C)(C)OC(=O)N(CCCCCCc1cccc(OCCCC(=O)O)c1CCC(=O)O)c1c[c]([Al])c[c]([Al])c1. The van der Waals surface area contributed by atoms with Crippen LogP contribution in [0.1, 0.15) is 76.8 Å². The summed E-state index contributed by atoms with van der Waals surface area (Å²) in [5.41, 5.74) is 2.14. The molecule has 2 rings (SSSR count). The normalized spacial score (nSPS) is 11.2. The molecular weight excluding hydrogens is 540 g/mol. The van der Waals surface area contributed by atoms with Crippen molar-refractivity contribution in [2.24, 2.45) is 0 Å². The molecule has 0 bridgehead atoms. The molecule has 0 heterocycles. The zero-order chi connectivity index (χ0) is 29.7. The number of benzene rings is 2. The molecule has 0 aliphatic heterocycles. The van der Waals surface area contributed by atoms with Crippen LogP contribution < -0.4 is 18.5 Å². The zero-order valence-corrected chi connectivity index (χ0v) is 26.1. The number of carboxylic acids is 2. The lowest BCUT2D eigenvalue weighted by atomic mass is 9.96. The second-order valence-electron chi connectivity index (χ2n) is 10.8. The second-order valence-corrected chi connectivity index (χ2v) is 12.1. The first kappa shape index (κ1) is 33.7. The van der Waals surface area contributed by atoms with Gasteiger partial charge in [-0.3, -0.25) is 14.5 Å². The molecule has 10 heteroatoms.